The molecular formula is C16H18N3O5P. The van der Waals surface area contributed by atoms with E-state index in [1.165, 1.54) is 0 Å². The van der Waals surface area contributed by atoms with Gasteiger partial charge in [0.15, 0.2) is 11.5 Å². The van der Waals surface area contributed by atoms with Crippen LogP contribution in [0.15, 0.2) is 48.8 Å². The maximum Gasteiger partial charge on any atom is 0.275 e. The van der Waals surface area contributed by atoms with Gasteiger partial charge in [-0.2, -0.15) is 5.20 Å². The molecule has 2 heterocycles. The molecule has 1 aromatic carbocycles. The zero-order valence-corrected chi connectivity index (χ0v) is 14.3. The lowest BCUT2D eigenvalue weighted by molar-refractivity contribution is 0.0937. The van der Waals surface area contributed by atoms with Crippen molar-refractivity contribution in [1.82, 2.24) is 15.6 Å². The lowest BCUT2D eigenvalue weighted by Gasteiger charge is -2.17. The number of amides is 1. The monoisotopic (exact) mass is 363 g/mol. The fourth-order valence-electron chi connectivity index (χ4n) is 2.01. The number of para-hydroxylation sites is 2. The molecule has 0 saturated carbocycles. The number of pyridine rings is 1. The predicted octanol–water partition coefficient (Wildman–Crippen LogP) is 2.05. The van der Waals surface area contributed by atoms with E-state index in [1.54, 1.807) is 24.5 Å². The van der Waals surface area contributed by atoms with Crippen LogP contribution in [0.25, 0.3) is 0 Å². The Labute approximate surface area is 146 Å². The van der Waals surface area contributed by atoms with Gasteiger partial charge in [0.25, 0.3) is 14.4 Å². The van der Waals surface area contributed by atoms with E-state index in [0.717, 1.165) is 0 Å². The van der Waals surface area contributed by atoms with Crippen molar-refractivity contribution in [2.45, 2.75) is 0 Å². The van der Waals surface area contributed by atoms with Crippen LogP contribution in [0.5, 0.6) is 11.5 Å². The molecule has 0 radical (unpaired) electrons. The Morgan fingerprint density at radius 3 is 2.12 bits per heavy atom. The number of hydrazine groups is 1. The Hall–Kier alpha value is -2.25. The quantitative estimate of drug-likeness (QED) is 0.637. The van der Waals surface area contributed by atoms with Crippen molar-refractivity contribution in [3.8, 4) is 11.5 Å². The van der Waals surface area contributed by atoms with Gasteiger partial charge in [0.1, 0.15) is 13.2 Å². The Bertz CT molecular complexity index is 657. The van der Waals surface area contributed by atoms with Crippen molar-refractivity contribution < 1.29 is 23.3 Å². The van der Waals surface area contributed by atoms with Gasteiger partial charge in [-0.1, -0.05) is 12.1 Å². The number of aromatic nitrogens is 1. The molecule has 0 atom stereocenters. The standard InChI is InChI=1S/C16H18N3O5P/c20-16(13-5-7-17-8-6-13)18-19-25-23-11-9-21-14-3-1-2-4-15(14)22-10-12-24-25/h1-8,19H,9-12H2,(H,18,20). The van der Waals surface area contributed by atoms with Crippen LogP contribution in [0, 0.1) is 0 Å². The lowest BCUT2D eigenvalue weighted by atomic mass is 10.3. The van der Waals surface area contributed by atoms with Crippen LogP contribution in [-0.4, -0.2) is 37.3 Å². The maximum atomic E-state index is 12.0. The number of nitrogens with zero attached hydrogens (tertiary/aromatic N) is 1. The van der Waals surface area contributed by atoms with Crippen molar-refractivity contribution >= 4 is 14.4 Å². The van der Waals surface area contributed by atoms with Gasteiger partial charge in [-0.15, -0.1) is 0 Å². The Morgan fingerprint density at radius 1 is 0.920 bits per heavy atom. The fourth-order valence-corrected chi connectivity index (χ4v) is 2.88. The molecule has 0 saturated heterocycles. The van der Waals surface area contributed by atoms with Crippen molar-refractivity contribution in [2.24, 2.45) is 0 Å². The van der Waals surface area contributed by atoms with E-state index in [1.807, 2.05) is 24.3 Å². The highest BCUT2D eigenvalue weighted by Gasteiger charge is 2.15. The van der Waals surface area contributed by atoms with E-state index in [2.05, 4.69) is 15.6 Å². The molecule has 1 amide bonds. The number of rotatable bonds is 3. The number of fused-ring (bicyclic) bond motifs is 1. The summed E-state index contributed by atoms with van der Waals surface area (Å²) in [5, 5.41) is 2.77. The van der Waals surface area contributed by atoms with Crippen LogP contribution in [-0.2, 0) is 9.05 Å². The molecule has 132 valence electrons. The van der Waals surface area contributed by atoms with Crippen LogP contribution in [0.2, 0.25) is 0 Å². The summed E-state index contributed by atoms with van der Waals surface area (Å²) < 4.78 is 22.5. The van der Waals surface area contributed by atoms with Gasteiger partial charge in [0.2, 0.25) is 0 Å². The molecule has 9 heteroatoms. The molecule has 1 aromatic heterocycles. The van der Waals surface area contributed by atoms with E-state index in [4.69, 9.17) is 18.5 Å². The minimum Gasteiger partial charge on any atom is -0.487 e. The Kier molecular flexibility index (Phi) is 6.53. The highest BCUT2D eigenvalue weighted by atomic mass is 31.2. The molecule has 0 bridgehead atoms. The first kappa shape index (κ1) is 17.6. The fraction of sp³-hybridized carbons (Fsp3) is 0.250. The summed E-state index contributed by atoms with van der Waals surface area (Å²) in [4.78, 5) is 15.9. The van der Waals surface area contributed by atoms with Gasteiger partial charge in [-0.05, 0) is 24.3 Å². The van der Waals surface area contributed by atoms with Crippen molar-refractivity contribution in [1.29, 1.82) is 0 Å². The second kappa shape index (κ2) is 9.29. The third-order valence-corrected chi connectivity index (χ3v) is 4.28. The molecule has 8 nitrogen and oxygen atoms in total. The summed E-state index contributed by atoms with van der Waals surface area (Å²) >= 11 is 0. The first-order valence-corrected chi connectivity index (χ1v) is 8.87. The molecular weight excluding hydrogens is 345 g/mol. The average Bonchev–Trinajstić information content (AvgIpc) is 2.71. The molecule has 25 heavy (non-hydrogen) atoms. The van der Waals surface area contributed by atoms with E-state index >= 15 is 0 Å². The Morgan fingerprint density at radius 2 is 1.52 bits per heavy atom. The zero-order chi connectivity index (χ0) is 17.3. The number of hydrogen-bond donors (Lipinski definition) is 2. The highest BCUT2D eigenvalue weighted by Crippen LogP contribution is 2.33. The van der Waals surface area contributed by atoms with Crippen LogP contribution >= 0.6 is 8.53 Å². The van der Waals surface area contributed by atoms with Gasteiger partial charge < -0.3 is 18.5 Å². The van der Waals surface area contributed by atoms with Crippen molar-refractivity contribution in [3.05, 3.63) is 54.4 Å². The van der Waals surface area contributed by atoms with Crippen molar-refractivity contribution in [3.63, 3.8) is 0 Å². The number of nitrogens with one attached hydrogen (secondary N) is 2. The predicted molar refractivity (Wildman–Crippen MR) is 91.1 cm³/mol. The van der Waals surface area contributed by atoms with E-state index in [9.17, 15) is 4.79 Å². The summed E-state index contributed by atoms with van der Waals surface area (Å²) in [6, 6.07) is 10.7. The normalized spacial score (nSPS) is 15.8. The first-order chi connectivity index (χ1) is 12.3. The van der Waals surface area contributed by atoms with Gasteiger partial charge >= 0.3 is 0 Å². The molecule has 1 aliphatic heterocycles. The maximum absolute atomic E-state index is 12.0. The van der Waals surface area contributed by atoms with Crippen LogP contribution in [0.1, 0.15) is 10.4 Å². The summed E-state index contributed by atoms with van der Waals surface area (Å²) in [7, 11) is -1.51. The molecule has 0 spiro atoms. The number of benzene rings is 1. The second-order valence-electron chi connectivity index (χ2n) is 4.87. The van der Waals surface area contributed by atoms with Gasteiger partial charge in [0.05, 0.1) is 13.2 Å². The van der Waals surface area contributed by atoms with Gasteiger partial charge in [0, 0.05) is 18.0 Å². The highest BCUT2D eigenvalue weighted by molar-refractivity contribution is 7.44. The summed E-state index contributed by atoms with van der Waals surface area (Å²) in [6.07, 6.45) is 3.10. The molecule has 1 aliphatic rings. The third-order valence-electron chi connectivity index (χ3n) is 3.15. The van der Waals surface area contributed by atoms with Crippen molar-refractivity contribution in [2.75, 3.05) is 26.4 Å². The topological polar surface area (TPSA) is 90.9 Å². The number of carbonyl (C=O) groups excluding carboxylic acids is 1. The SMILES string of the molecule is O=C(NNP1OCCOc2ccccc2OCCO1)c1ccncc1. The van der Waals surface area contributed by atoms with Gasteiger partial charge in [-0.3, -0.25) is 15.2 Å². The summed E-state index contributed by atoms with van der Waals surface area (Å²) in [5.41, 5.74) is 3.05. The molecule has 3 rings (SSSR count). The van der Waals surface area contributed by atoms with Crippen LogP contribution < -0.4 is 20.1 Å². The molecule has 0 fully saturated rings. The minimum absolute atomic E-state index is 0.300. The average molecular weight is 363 g/mol. The zero-order valence-electron chi connectivity index (χ0n) is 13.4. The minimum atomic E-state index is -1.51. The van der Waals surface area contributed by atoms with Crippen LogP contribution in [0.3, 0.4) is 0 Å². The van der Waals surface area contributed by atoms with E-state index in [-0.39, 0.29) is 5.91 Å². The van der Waals surface area contributed by atoms with Crippen LogP contribution in [0.4, 0.5) is 0 Å². The van der Waals surface area contributed by atoms with Gasteiger partial charge in [-0.25, -0.2) is 0 Å². The first-order valence-electron chi connectivity index (χ1n) is 7.69. The molecule has 0 unspecified atom stereocenters. The summed E-state index contributed by atoms with van der Waals surface area (Å²) in [5.74, 6) is 1.03. The van der Waals surface area contributed by atoms with E-state index in [0.29, 0.717) is 43.5 Å². The lowest BCUT2D eigenvalue weighted by Crippen LogP contribution is -2.35. The molecule has 2 N–H and O–H groups in total. The summed E-state index contributed by atoms with van der Waals surface area (Å²) in [6.45, 7) is 1.28. The number of carbonyl (C=O) groups is 1. The smallest absolute Gasteiger partial charge is 0.275 e. The largest absolute Gasteiger partial charge is 0.487 e. The number of ether oxygens (including phenoxy) is 2. The number of hydrogen-bond acceptors (Lipinski definition) is 7. The van der Waals surface area contributed by atoms with E-state index < -0.39 is 8.53 Å². The molecule has 0 aliphatic carbocycles. The second-order valence-corrected chi connectivity index (χ2v) is 6.12. The molecule has 2 aromatic rings. The Balaban J connectivity index is 1.51. The third kappa shape index (κ3) is 5.37.